The second-order valence-electron chi connectivity index (χ2n) is 6.84. The molecule has 0 N–H and O–H groups in total. The van der Waals surface area contributed by atoms with Crippen LogP contribution in [0.1, 0.15) is 34.6 Å². The summed E-state index contributed by atoms with van der Waals surface area (Å²) in [4.78, 5) is 59.7. The highest BCUT2D eigenvalue weighted by Crippen LogP contribution is 2.42. The van der Waals surface area contributed by atoms with E-state index in [-0.39, 0.29) is 19.8 Å². The Bertz CT molecular complexity index is 742. The molecule has 180 valence electrons. The topological polar surface area (TPSA) is 159 Å². The van der Waals surface area contributed by atoms with Crippen LogP contribution in [0.4, 0.5) is 0 Å². The van der Waals surface area contributed by atoms with Crippen LogP contribution in [-0.2, 0) is 61.9 Å². The number of rotatable bonds is 7. The van der Waals surface area contributed by atoms with Gasteiger partial charge in [-0.25, -0.2) is 4.79 Å². The second kappa shape index (κ2) is 10.7. The molecule has 0 aromatic rings. The third-order valence-corrected chi connectivity index (χ3v) is 4.34. The molecular weight excluding hydrogens is 436 g/mol. The fourth-order valence-electron chi connectivity index (χ4n) is 3.44. The maximum Gasteiger partial charge on any atom is 0.350 e. The van der Waals surface area contributed by atoms with Gasteiger partial charge in [-0.05, 0) is 6.92 Å². The molecule has 0 saturated carbocycles. The molecule has 1 spiro atoms. The van der Waals surface area contributed by atoms with Crippen LogP contribution in [0, 0.1) is 0 Å². The molecule has 13 nitrogen and oxygen atoms in total. The third kappa shape index (κ3) is 5.72. The first-order valence-corrected chi connectivity index (χ1v) is 9.80. The number of carbonyl (C=O) groups excluding carboxylic acids is 5. The summed E-state index contributed by atoms with van der Waals surface area (Å²) in [5.74, 6) is -6.42. The fraction of sp³-hybridized carbons (Fsp3) is 0.737. The zero-order valence-corrected chi connectivity index (χ0v) is 18.3. The van der Waals surface area contributed by atoms with Crippen molar-refractivity contribution in [1.82, 2.24) is 0 Å². The Morgan fingerprint density at radius 3 is 1.91 bits per heavy atom. The van der Waals surface area contributed by atoms with Crippen LogP contribution in [0.3, 0.4) is 0 Å². The van der Waals surface area contributed by atoms with E-state index in [0.29, 0.717) is 0 Å². The maximum absolute atomic E-state index is 12.6. The molecule has 2 heterocycles. The molecule has 2 rings (SSSR count). The normalized spacial score (nSPS) is 27.2. The van der Waals surface area contributed by atoms with Gasteiger partial charge in [0, 0.05) is 27.7 Å². The monoisotopic (exact) mass is 462 g/mol. The highest BCUT2D eigenvalue weighted by atomic mass is 16.8. The first-order chi connectivity index (χ1) is 15.0. The van der Waals surface area contributed by atoms with E-state index in [1.165, 1.54) is 6.92 Å². The van der Waals surface area contributed by atoms with E-state index in [1.807, 2.05) is 0 Å². The Kier molecular flexibility index (Phi) is 8.52. The van der Waals surface area contributed by atoms with Gasteiger partial charge in [0.15, 0.2) is 6.10 Å². The van der Waals surface area contributed by atoms with Crippen LogP contribution in [0.25, 0.3) is 0 Å². The lowest BCUT2D eigenvalue weighted by atomic mass is 9.90. The molecule has 0 radical (unpaired) electrons. The lowest BCUT2D eigenvalue weighted by Crippen LogP contribution is -2.72. The van der Waals surface area contributed by atoms with Gasteiger partial charge in [0.2, 0.25) is 30.4 Å². The molecule has 0 amide bonds. The Morgan fingerprint density at radius 1 is 0.875 bits per heavy atom. The zero-order chi connectivity index (χ0) is 24.1. The minimum atomic E-state index is -2.06. The summed E-state index contributed by atoms with van der Waals surface area (Å²) in [5, 5.41) is 0. The molecule has 0 bridgehead atoms. The summed E-state index contributed by atoms with van der Waals surface area (Å²) in [6, 6.07) is 0. The predicted octanol–water partition coefficient (Wildman–Crippen LogP) is -0.624. The van der Waals surface area contributed by atoms with Crippen molar-refractivity contribution < 1.29 is 61.9 Å². The molecule has 2 fully saturated rings. The van der Waals surface area contributed by atoms with Gasteiger partial charge < -0.3 is 37.9 Å². The van der Waals surface area contributed by atoms with Crippen LogP contribution in [0.15, 0.2) is 0 Å². The Hall–Kier alpha value is -2.77. The van der Waals surface area contributed by atoms with E-state index in [2.05, 4.69) is 0 Å². The smallest absolute Gasteiger partial charge is 0.350 e. The van der Waals surface area contributed by atoms with Crippen LogP contribution >= 0.6 is 0 Å². The van der Waals surface area contributed by atoms with Crippen molar-refractivity contribution in [3.8, 4) is 0 Å². The standard InChI is InChI=1S/C19H26O13/c1-6-25-17(24)13(28-9(2)20)15-19(26-7-8-27-19)16(30-11(4)22)14(29-10(3)21)18(32-15)31-12(5)23/h13-16,18H,6-8H2,1-5H3/t13?,14-,15-,16-,18?/m0/s1. The van der Waals surface area contributed by atoms with E-state index in [0.717, 1.165) is 27.7 Å². The zero-order valence-electron chi connectivity index (χ0n) is 18.3. The molecule has 2 unspecified atom stereocenters. The molecule has 2 saturated heterocycles. The third-order valence-electron chi connectivity index (χ3n) is 4.34. The van der Waals surface area contributed by atoms with E-state index in [9.17, 15) is 24.0 Å². The minimum absolute atomic E-state index is 0.0295. The molecule has 0 aromatic carbocycles. The lowest BCUT2D eigenvalue weighted by molar-refractivity contribution is -0.383. The summed E-state index contributed by atoms with van der Waals surface area (Å²) < 4.78 is 43.0. The molecular formula is C19H26O13. The maximum atomic E-state index is 12.6. The second-order valence-corrected chi connectivity index (χ2v) is 6.84. The van der Waals surface area contributed by atoms with Gasteiger partial charge in [0.1, 0.15) is 0 Å². The quantitative estimate of drug-likeness (QED) is 0.348. The van der Waals surface area contributed by atoms with Gasteiger partial charge in [0.25, 0.3) is 0 Å². The van der Waals surface area contributed by atoms with Crippen molar-refractivity contribution in [2.75, 3.05) is 19.8 Å². The van der Waals surface area contributed by atoms with Crippen LogP contribution in [0.5, 0.6) is 0 Å². The van der Waals surface area contributed by atoms with E-state index < -0.39 is 66.3 Å². The summed E-state index contributed by atoms with van der Waals surface area (Å²) in [6.07, 6.45) is -8.16. The molecule has 0 aromatic heterocycles. The molecule has 0 aliphatic carbocycles. The van der Waals surface area contributed by atoms with E-state index in [4.69, 9.17) is 37.9 Å². The van der Waals surface area contributed by atoms with Crippen molar-refractivity contribution >= 4 is 29.8 Å². The van der Waals surface area contributed by atoms with Crippen molar-refractivity contribution in [2.45, 2.75) is 71.1 Å². The Labute approximate surface area is 183 Å². The fourth-order valence-corrected chi connectivity index (χ4v) is 3.44. The SMILES string of the molecule is CCOC(=O)C(OC(C)=O)[C@@H]1OC(OC(C)=O)[C@@H](OC(C)=O)[C@H](OC(C)=O)C12OCCO2. The number of hydrogen-bond acceptors (Lipinski definition) is 13. The summed E-state index contributed by atoms with van der Waals surface area (Å²) in [5.41, 5.74) is 0. The van der Waals surface area contributed by atoms with Crippen molar-refractivity contribution in [3.63, 3.8) is 0 Å². The molecule has 5 atom stereocenters. The van der Waals surface area contributed by atoms with E-state index >= 15 is 0 Å². The highest BCUT2D eigenvalue weighted by molar-refractivity contribution is 5.79. The predicted molar refractivity (Wildman–Crippen MR) is 98.4 cm³/mol. The van der Waals surface area contributed by atoms with Gasteiger partial charge in [-0.3, -0.25) is 19.2 Å². The van der Waals surface area contributed by atoms with E-state index in [1.54, 1.807) is 0 Å². The summed E-state index contributed by atoms with van der Waals surface area (Å²) in [7, 11) is 0. The van der Waals surface area contributed by atoms with Crippen LogP contribution < -0.4 is 0 Å². The number of ether oxygens (including phenoxy) is 8. The van der Waals surface area contributed by atoms with Crippen LogP contribution in [-0.4, -0.2) is 86.2 Å². The highest BCUT2D eigenvalue weighted by Gasteiger charge is 2.68. The largest absolute Gasteiger partial charge is 0.463 e. The van der Waals surface area contributed by atoms with Gasteiger partial charge in [-0.2, -0.15) is 0 Å². The molecule has 2 aliphatic rings. The van der Waals surface area contributed by atoms with Gasteiger partial charge in [0.05, 0.1) is 19.8 Å². The van der Waals surface area contributed by atoms with Gasteiger partial charge in [-0.1, -0.05) is 0 Å². The molecule has 2 aliphatic heterocycles. The summed E-state index contributed by atoms with van der Waals surface area (Å²) in [6.45, 7) is 5.67. The molecule has 13 heteroatoms. The first kappa shape index (κ1) is 25.5. The average Bonchev–Trinajstić information content (AvgIpc) is 3.14. The van der Waals surface area contributed by atoms with Crippen molar-refractivity contribution in [3.05, 3.63) is 0 Å². The van der Waals surface area contributed by atoms with Gasteiger partial charge >= 0.3 is 29.8 Å². The lowest BCUT2D eigenvalue weighted by Gasteiger charge is -2.49. The Morgan fingerprint density at radius 2 is 1.44 bits per heavy atom. The van der Waals surface area contributed by atoms with Gasteiger partial charge in [-0.15, -0.1) is 0 Å². The molecule has 32 heavy (non-hydrogen) atoms. The van der Waals surface area contributed by atoms with Crippen molar-refractivity contribution in [2.24, 2.45) is 0 Å². The number of esters is 5. The van der Waals surface area contributed by atoms with Crippen molar-refractivity contribution in [1.29, 1.82) is 0 Å². The average molecular weight is 462 g/mol. The minimum Gasteiger partial charge on any atom is -0.463 e. The first-order valence-electron chi connectivity index (χ1n) is 9.80. The number of carbonyl (C=O) groups is 5. The number of hydrogen-bond donors (Lipinski definition) is 0. The van der Waals surface area contributed by atoms with Crippen LogP contribution in [0.2, 0.25) is 0 Å². The Balaban J connectivity index is 2.62. The summed E-state index contributed by atoms with van der Waals surface area (Å²) >= 11 is 0.